The Balaban J connectivity index is 1.71. The van der Waals surface area contributed by atoms with Crippen LogP contribution in [0.15, 0.2) is 65.8 Å². The Morgan fingerprint density at radius 1 is 1.03 bits per heavy atom. The maximum absolute atomic E-state index is 12.2. The largest absolute Gasteiger partial charge is 0.490 e. The maximum Gasteiger partial charge on any atom is 0.271 e. The van der Waals surface area contributed by atoms with Gasteiger partial charge in [-0.3, -0.25) is 4.79 Å². The van der Waals surface area contributed by atoms with Gasteiger partial charge >= 0.3 is 0 Å². The van der Waals surface area contributed by atoms with Crippen LogP contribution in [0.3, 0.4) is 0 Å². The Morgan fingerprint density at radius 3 is 2.32 bits per heavy atom. The van der Waals surface area contributed by atoms with Crippen molar-refractivity contribution in [2.24, 2.45) is 5.10 Å². The standard InChI is InChI=1S/C23H19ClI2N2O3/c1-2-30-21-12-16(13-27-28-23(29)17-5-9-19(26)10-6-17)11-20(24)22(21)31-14-15-3-7-18(25)8-4-15/h3-13H,2,14H2,1H3,(H,28,29)/b27-13-. The van der Waals surface area contributed by atoms with Gasteiger partial charge in [0.1, 0.15) is 6.61 Å². The molecule has 8 heteroatoms. The van der Waals surface area contributed by atoms with Crippen LogP contribution in [0.25, 0.3) is 0 Å². The summed E-state index contributed by atoms with van der Waals surface area (Å²) in [6.07, 6.45) is 1.52. The highest BCUT2D eigenvalue weighted by Crippen LogP contribution is 2.37. The van der Waals surface area contributed by atoms with Crippen molar-refractivity contribution < 1.29 is 14.3 Å². The van der Waals surface area contributed by atoms with E-state index in [-0.39, 0.29) is 5.91 Å². The topological polar surface area (TPSA) is 59.9 Å². The van der Waals surface area contributed by atoms with Crippen molar-refractivity contribution in [1.82, 2.24) is 5.43 Å². The van der Waals surface area contributed by atoms with E-state index in [1.807, 2.05) is 43.3 Å². The molecule has 160 valence electrons. The number of nitrogens with one attached hydrogen (secondary N) is 1. The Hall–Kier alpha value is -1.85. The van der Waals surface area contributed by atoms with Gasteiger partial charge in [0.2, 0.25) is 0 Å². The maximum atomic E-state index is 12.2. The zero-order valence-electron chi connectivity index (χ0n) is 16.6. The first-order valence-corrected chi connectivity index (χ1v) is 11.9. The summed E-state index contributed by atoms with van der Waals surface area (Å²) in [6, 6.07) is 18.8. The predicted molar refractivity (Wildman–Crippen MR) is 140 cm³/mol. The fourth-order valence-electron chi connectivity index (χ4n) is 2.63. The predicted octanol–water partition coefficient (Wildman–Crippen LogP) is 6.29. The van der Waals surface area contributed by atoms with E-state index in [0.29, 0.717) is 40.9 Å². The monoisotopic (exact) mass is 660 g/mol. The second-order valence-corrected chi connectivity index (χ2v) is 9.28. The molecule has 3 rings (SSSR count). The molecule has 0 aliphatic carbocycles. The van der Waals surface area contributed by atoms with Gasteiger partial charge in [-0.1, -0.05) is 23.7 Å². The van der Waals surface area contributed by atoms with E-state index in [9.17, 15) is 4.79 Å². The number of benzene rings is 3. The molecule has 0 aliphatic rings. The van der Waals surface area contributed by atoms with E-state index >= 15 is 0 Å². The normalized spacial score (nSPS) is 10.8. The molecule has 0 aromatic heterocycles. The summed E-state index contributed by atoms with van der Waals surface area (Å²) in [4.78, 5) is 12.2. The molecule has 1 amide bonds. The number of carbonyl (C=O) groups is 1. The molecule has 3 aromatic carbocycles. The summed E-state index contributed by atoms with van der Waals surface area (Å²) in [6.45, 7) is 2.72. The van der Waals surface area contributed by atoms with Gasteiger partial charge in [-0.2, -0.15) is 5.10 Å². The number of rotatable bonds is 8. The summed E-state index contributed by atoms with van der Waals surface area (Å²) in [5, 5.41) is 4.44. The number of hydrogen-bond acceptors (Lipinski definition) is 4. The van der Waals surface area contributed by atoms with Crippen LogP contribution in [0.2, 0.25) is 5.02 Å². The molecule has 5 nitrogen and oxygen atoms in total. The molecule has 31 heavy (non-hydrogen) atoms. The molecule has 0 saturated carbocycles. The number of carbonyl (C=O) groups excluding carboxylic acids is 1. The zero-order chi connectivity index (χ0) is 22.2. The number of hydrazone groups is 1. The highest BCUT2D eigenvalue weighted by Gasteiger charge is 2.13. The number of hydrogen-bond donors (Lipinski definition) is 1. The lowest BCUT2D eigenvalue weighted by molar-refractivity contribution is 0.0955. The highest BCUT2D eigenvalue weighted by atomic mass is 127. The van der Waals surface area contributed by atoms with Crippen LogP contribution in [-0.4, -0.2) is 18.7 Å². The fraction of sp³-hybridized carbons (Fsp3) is 0.130. The van der Waals surface area contributed by atoms with Gasteiger partial charge in [0, 0.05) is 12.7 Å². The van der Waals surface area contributed by atoms with Crippen LogP contribution < -0.4 is 14.9 Å². The third-order valence-electron chi connectivity index (χ3n) is 4.11. The molecule has 0 aliphatic heterocycles. The Labute approximate surface area is 213 Å². The van der Waals surface area contributed by atoms with E-state index in [0.717, 1.165) is 12.7 Å². The summed E-state index contributed by atoms with van der Waals surface area (Å²) in [7, 11) is 0. The SMILES string of the molecule is CCOc1cc(/C=N\NC(=O)c2ccc(I)cc2)cc(Cl)c1OCc1ccc(I)cc1. The number of ether oxygens (including phenoxy) is 2. The quantitative estimate of drug-likeness (QED) is 0.176. The van der Waals surface area contributed by atoms with Crippen molar-refractivity contribution in [3.05, 3.63) is 89.5 Å². The van der Waals surface area contributed by atoms with Crippen LogP contribution in [-0.2, 0) is 6.61 Å². The Kier molecular flexibility index (Phi) is 8.97. The average molecular weight is 661 g/mol. The van der Waals surface area contributed by atoms with E-state index in [1.165, 1.54) is 6.21 Å². The third-order valence-corrected chi connectivity index (χ3v) is 5.83. The van der Waals surface area contributed by atoms with Crippen molar-refractivity contribution in [2.45, 2.75) is 13.5 Å². The van der Waals surface area contributed by atoms with Crippen molar-refractivity contribution in [2.75, 3.05) is 6.61 Å². The smallest absolute Gasteiger partial charge is 0.271 e. The molecular formula is C23H19ClI2N2O3. The molecule has 0 spiro atoms. The number of halogens is 3. The van der Waals surface area contributed by atoms with Crippen molar-refractivity contribution >= 4 is 68.9 Å². The first-order valence-electron chi connectivity index (χ1n) is 9.39. The second kappa shape index (κ2) is 11.7. The number of nitrogens with zero attached hydrogens (tertiary/aromatic N) is 1. The molecule has 1 N–H and O–H groups in total. The lowest BCUT2D eigenvalue weighted by Gasteiger charge is -2.14. The molecule has 0 bridgehead atoms. The van der Waals surface area contributed by atoms with Crippen LogP contribution >= 0.6 is 56.8 Å². The van der Waals surface area contributed by atoms with Gasteiger partial charge in [-0.05, 0) is 112 Å². The van der Waals surface area contributed by atoms with Gasteiger partial charge in [-0.15, -0.1) is 0 Å². The molecule has 3 aromatic rings. The summed E-state index contributed by atoms with van der Waals surface area (Å²) >= 11 is 10.9. The molecule has 0 saturated heterocycles. The summed E-state index contributed by atoms with van der Waals surface area (Å²) < 4.78 is 13.9. The van der Waals surface area contributed by atoms with Gasteiger partial charge in [0.05, 0.1) is 17.8 Å². The lowest BCUT2D eigenvalue weighted by Crippen LogP contribution is -2.17. The van der Waals surface area contributed by atoms with Crippen molar-refractivity contribution in [3.8, 4) is 11.5 Å². The van der Waals surface area contributed by atoms with Crippen molar-refractivity contribution in [1.29, 1.82) is 0 Å². The fourth-order valence-corrected chi connectivity index (χ4v) is 3.63. The zero-order valence-corrected chi connectivity index (χ0v) is 21.6. The minimum atomic E-state index is -0.291. The van der Waals surface area contributed by atoms with E-state index in [2.05, 4.69) is 55.7 Å². The van der Waals surface area contributed by atoms with Gasteiger partial charge in [0.25, 0.3) is 5.91 Å². The molecule has 0 unspecified atom stereocenters. The minimum Gasteiger partial charge on any atom is -0.490 e. The Bertz CT molecular complexity index is 1070. The molecule has 0 fully saturated rings. The minimum absolute atomic E-state index is 0.291. The molecule has 0 atom stereocenters. The molecule has 0 heterocycles. The molecule has 0 radical (unpaired) electrons. The van der Waals surface area contributed by atoms with Gasteiger partial charge < -0.3 is 9.47 Å². The summed E-state index contributed by atoms with van der Waals surface area (Å²) in [5.74, 6) is 0.703. The second-order valence-electron chi connectivity index (χ2n) is 6.38. The Morgan fingerprint density at radius 2 is 1.68 bits per heavy atom. The lowest BCUT2D eigenvalue weighted by atomic mass is 10.2. The van der Waals surface area contributed by atoms with E-state index in [4.69, 9.17) is 21.1 Å². The van der Waals surface area contributed by atoms with Crippen LogP contribution in [0.4, 0.5) is 0 Å². The first kappa shape index (κ1) is 23.8. The van der Waals surface area contributed by atoms with Crippen LogP contribution in [0, 0.1) is 7.14 Å². The number of amides is 1. The van der Waals surface area contributed by atoms with Crippen LogP contribution in [0.5, 0.6) is 11.5 Å². The third kappa shape index (κ3) is 7.08. The van der Waals surface area contributed by atoms with Crippen LogP contribution in [0.1, 0.15) is 28.4 Å². The van der Waals surface area contributed by atoms with E-state index < -0.39 is 0 Å². The molecular weight excluding hydrogens is 642 g/mol. The first-order chi connectivity index (χ1) is 15.0. The highest BCUT2D eigenvalue weighted by molar-refractivity contribution is 14.1. The van der Waals surface area contributed by atoms with Gasteiger partial charge in [0.15, 0.2) is 11.5 Å². The average Bonchev–Trinajstić information content (AvgIpc) is 2.75. The van der Waals surface area contributed by atoms with Crippen molar-refractivity contribution in [3.63, 3.8) is 0 Å². The summed E-state index contributed by atoms with van der Waals surface area (Å²) in [5.41, 5.74) is 4.76. The van der Waals surface area contributed by atoms with Gasteiger partial charge in [-0.25, -0.2) is 5.43 Å². The van der Waals surface area contributed by atoms with E-state index in [1.54, 1.807) is 24.3 Å².